The molecule has 0 saturated heterocycles. The van der Waals surface area contributed by atoms with Gasteiger partial charge in [0.1, 0.15) is 30.3 Å². The number of amides is 1. The standard InChI is InChI=1S/C21H23FN4O2/c1-14(2)19(20-23-13-24-26(20)3)25-21(27)16-7-5-9-18(11-16)28-12-15-6-4-8-17(22)10-15/h4-11,13-14,19H,12H2,1-3H3,(H,25,27)/t19-/m0/s1. The summed E-state index contributed by atoms with van der Waals surface area (Å²) in [5.41, 5.74) is 1.20. The number of hydrogen-bond donors (Lipinski definition) is 1. The van der Waals surface area contributed by atoms with E-state index < -0.39 is 0 Å². The predicted octanol–water partition coefficient (Wildman–Crippen LogP) is 3.66. The van der Waals surface area contributed by atoms with Crippen LogP contribution >= 0.6 is 0 Å². The number of carbonyl (C=O) groups is 1. The Labute approximate surface area is 163 Å². The highest BCUT2D eigenvalue weighted by molar-refractivity contribution is 5.94. The first-order valence-corrected chi connectivity index (χ1v) is 9.06. The molecule has 0 radical (unpaired) electrons. The molecule has 3 aromatic rings. The third kappa shape index (κ3) is 4.73. The Hall–Kier alpha value is -3.22. The molecule has 0 spiro atoms. The highest BCUT2D eigenvalue weighted by atomic mass is 19.1. The summed E-state index contributed by atoms with van der Waals surface area (Å²) in [5.74, 6) is 0.841. The molecule has 0 unspecified atom stereocenters. The van der Waals surface area contributed by atoms with Gasteiger partial charge in [-0.1, -0.05) is 32.0 Å². The highest BCUT2D eigenvalue weighted by Crippen LogP contribution is 2.21. The van der Waals surface area contributed by atoms with Gasteiger partial charge in [0.2, 0.25) is 0 Å². The summed E-state index contributed by atoms with van der Waals surface area (Å²) in [5, 5.41) is 7.10. The van der Waals surface area contributed by atoms with Crippen LogP contribution in [0.3, 0.4) is 0 Å². The molecule has 1 aromatic heterocycles. The predicted molar refractivity (Wildman–Crippen MR) is 103 cm³/mol. The van der Waals surface area contributed by atoms with Crippen molar-refractivity contribution in [3.63, 3.8) is 0 Å². The lowest BCUT2D eigenvalue weighted by atomic mass is 10.0. The quantitative estimate of drug-likeness (QED) is 0.677. The van der Waals surface area contributed by atoms with E-state index in [1.807, 2.05) is 13.8 Å². The van der Waals surface area contributed by atoms with E-state index in [1.165, 1.54) is 18.5 Å². The van der Waals surface area contributed by atoms with Crippen molar-refractivity contribution in [2.45, 2.75) is 26.5 Å². The molecule has 0 aliphatic carbocycles. The van der Waals surface area contributed by atoms with E-state index >= 15 is 0 Å². The number of aryl methyl sites for hydroxylation is 1. The minimum atomic E-state index is -0.308. The molecule has 0 bridgehead atoms. The zero-order valence-corrected chi connectivity index (χ0v) is 16.1. The first-order chi connectivity index (χ1) is 13.4. The second kappa shape index (κ2) is 8.65. The van der Waals surface area contributed by atoms with Crippen LogP contribution in [0.15, 0.2) is 54.9 Å². The molecule has 0 saturated carbocycles. The Balaban J connectivity index is 1.70. The molecule has 1 amide bonds. The summed E-state index contributed by atoms with van der Waals surface area (Å²) in [4.78, 5) is 17.0. The normalized spacial score (nSPS) is 12.0. The van der Waals surface area contributed by atoms with E-state index in [4.69, 9.17) is 4.74 Å². The molecular formula is C21H23FN4O2. The number of halogens is 1. The van der Waals surface area contributed by atoms with Crippen LogP contribution in [0.25, 0.3) is 0 Å². The van der Waals surface area contributed by atoms with Crippen molar-refractivity contribution in [3.8, 4) is 5.75 Å². The first-order valence-electron chi connectivity index (χ1n) is 9.06. The van der Waals surface area contributed by atoms with Crippen molar-refractivity contribution in [2.24, 2.45) is 13.0 Å². The van der Waals surface area contributed by atoms with Crippen molar-refractivity contribution in [1.29, 1.82) is 0 Å². The number of benzene rings is 2. The van der Waals surface area contributed by atoms with Gasteiger partial charge in [-0.25, -0.2) is 9.37 Å². The van der Waals surface area contributed by atoms with Crippen molar-refractivity contribution in [3.05, 3.63) is 77.6 Å². The second-order valence-corrected chi connectivity index (χ2v) is 6.88. The van der Waals surface area contributed by atoms with E-state index in [9.17, 15) is 9.18 Å². The van der Waals surface area contributed by atoms with Gasteiger partial charge in [0, 0.05) is 12.6 Å². The van der Waals surface area contributed by atoms with Crippen LogP contribution in [0, 0.1) is 11.7 Å². The van der Waals surface area contributed by atoms with E-state index in [1.54, 1.807) is 48.1 Å². The summed E-state index contributed by atoms with van der Waals surface area (Å²) < 4.78 is 20.6. The van der Waals surface area contributed by atoms with Gasteiger partial charge in [-0.2, -0.15) is 5.10 Å². The third-order valence-corrected chi connectivity index (χ3v) is 4.37. The van der Waals surface area contributed by atoms with Gasteiger partial charge < -0.3 is 10.1 Å². The maximum absolute atomic E-state index is 13.3. The number of rotatable bonds is 7. The molecule has 1 N–H and O–H groups in total. The maximum Gasteiger partial charge on any atom is 0.252 e. The summed E-state index contributed by atoms with van der Waals surface area (Å²) in [6, 6.07) is 12.9. The number of nitrogens with one attached hydrogen (secondary N) is 1. The average Bonchev–Trinajstić information content (AvgIpc) is 3.10. The first kappa shape index (κ1) is 19.5. The Kier molecular flexibility index (Phi) is 6.03. The Morgan fingerprint density at radius 2 is 2.00 bits per heavy atom. The number of hydrogen-bond acceptors (Lipinski definition) is 4. The summed E-state index contributed by atoms with van der Waals surface area (Å²) in [6.45, 7) is 4.24. The van der Waals surface area contributed by atoms with Gasteiger partial charge in [-0.15, -0.1) is 0 Å². The van der Waals surface area contributed by atoms with Crippen LogP contribution in [0.1, 0.15) is 41.6 Å². The summed E-state index contributed by atoms with van der Waals surface area (Å²) in [7, 11) is 1.80. The van der Waals surface area contributed by atoms with Gasteiger partial charge in [0.25, 0.3) is 5.91 Å². The molecule has 0 fully saturated rings. The van der Waals surface area contributed by atoms with E-state index in [-0.39, 0.29) is 30.3 Å². The minimum absolute atomic E-state index is 0.138. The number of nitrogens with zero attached hydrogens (tertiary/aromatic N) is 3. The molecule has 146 valence electrons. The third-order valence-electron chi connectivity index (χ3n) is 4.37. The van der Waals surface area contributed by atoms with E-state index in [2.05, 4.69) is 15.4 Å². The van der Waals surface area contributed by atoms with E-state index in [0.717, 1.165) is 5.56 Å². The molecule has 1 heterocycles. The SMILES string of the molecule is CC(C)[C@H](NC(=O)c1cccc(OCc2cccc(F)c2)c1)c1ncnn1C. The molecule has 2 aromatic carbocycles. The van der Waals surface area contributed by atoms with Gasteiger partial charge in [0.15, 0.2) is 0 Å². The zero-order chi connectivity index (χ0) is 20.1. The van der Waals surface area contributed by atoms with Crippen LogP contribution in [0.2, 0.25) is 0 Å². The lowest BCUT2D eigenvalue weighted by molar-refractivity contribution is 0.0921. The fourth-order valence-corrected chi connectivity index (χ4v) is 2.86. The second-order valence-electron chi connectivity index (χ2n) is 6.88. The lowest BCUT2D eigenvalue weighted by Crippen LogP contribution is -2.33. The minimum Gasteiger partial charge on any atom is -0.489 e. The molecule has 1 atom stereocenters. The van der Waals surface area contributed by atoms with Crippen LogP contribution in [0.4, 0.5) is 4.39 Å². The molecule has 6 nitrogen and oxygen atoms in total. The molecule has 7 heteroatoms. The molecule has 3 rings (SSSR count). The van der Waals surface area contributed by atoms with Crippen LogP contribution < -0.4 is 10.1 Å². The van der Waals surface area contributed by atoms with Crippen molar-refractivity contribution >= 4 is 5.91 Å². The van der Waals surface area contributed by atoms with Crippen LogP contribution in [-0.4, -0.2) is 20.7 Å². The van der Waals surface area contributed by atoms with Gasteiger partial charge in [0.05, 0.1) is 6.04 Å². The number of aromatic nitrogens is 3. The lowest BCUT2D eigenvalue weighted by Gasteiger charge is -2.21. The summed E-state index contributed by atoms with van der Waals surface area (Å²) in [6.07, 6.45) is 1.47. The Morgan fingerprint density at radius 1 is 1.21 bits per heavy atom. The smallest absolute Gasteiger partial charge is 0.252 e. The Morgan fingerprint density at radius 3 is 2.68 bits per heavy atom. The molecular weight excluding hydrogens is 359 g/mol. The molecule has 0 aliphatic rings. The Bertz CT molecular complexity index is 955. The van der Waals surface area contributed by atoms with Gasteiger partial charge in [-0.05, 0) is 41.8 Å². The fraction of sp³-hybridized carbons (Fsp3) is 0.286. The van der Waals surface area contributed by atoms with Gasteiger partial charge >= 0.3 is 0 Å². The molecule has 0 aliphatic heterocycles. The zero-order valence-electron chi connectivity index (χ0n) is 16.1. The topological polar surface area (TPSA) is 69.0 Å². The summed E-state index contributed by atoms with van der Waals surface area (Å²) >= 11 is 0. The number of ether oxygens (including phenoxy) is 1. The van der Waals surface area contributed by atoms with Crippen LogP contribution in [0.5, 0.6) is 5.75 Å². The number of carbonyl (C=O) groups excluding carboxylic acids is 1. The fourth-order valence-electron chi connectivity index (χ4n) is 2.86. The maximum atomic E-state index is 13.3. The van der Waals surface area contributed by atoms with Crippen molar-refractivity contribution < 1.29 is 13.9 Å². The van der Waals surface area contributed by atoms with Gasteiger partial charge in [-0.3, -0.25) is 9.48 Å². The highest BCUT2D eigenvalue weighted by Gasteiger charge is 2.23. The van der Waals surface area contributed by atoms with Crippen LogP contribution in [-0.2, 0) is 13.7 Å². The largest absolute Gasteiger partial charge is 0.489 e. The monoisotopic (exact) mass is 382 g/mol. The average molecular weight is 382 g/mol. The van der Waals surface area contributed by atoms with E-state index in [0.29, 0.717) is 17.1 Å². The molecule has 28 heavy (non-hydrogen) atoms. The van der Waals surface area contributed by atoms with Crippen molar-refractivity contribution in [1.82, 2.24) is 20.1 Å². The van der Waals surface area contributed by atoms with Crippen molar-refractivity contribution in [2.75, 3.05) is 0 Å².